The minimum absolute atomic E-state index is 0.243. The molecule has 0 aliphatic rings. The fourth-order valence-electron chi connectivity index (χ4n) is 1.32. The largest absolute Gasteiger partial charge is 0.417 e. The van der Waals surface area contributed by atoms with Crippen LogP contribution in [0, 0.1) is 3.57 Å². The number of halogens is 7. The van der Waals surface area contributed by atoms with E-state index < -0.39 is 38.4 Å². The maximum atomic E-state index is 12.6. The van der Waals surface area contributed by atoms with Crippen LogP contribution in [0.3, 0.4) is 0 Å². The molecule has 0 saturated carbocycles. The smallest absolute Gasteiger partial charge is 0.294 e. The first-order chi connectivity index (χ1) is 7.94. The molecule has 1 nitrogen and oxygen atoms in total. The number of alkyl halides is 6. The van der Waals surface area contributed by atoms with Crippen molar-refractivity contribution in [3.63, 3.8) is 0 Å². The van der Waals surface area contributed by atoms with Crippen LogP contribution in [0.1, 0.15) is 28.4 Å². The van der Waals surface area contributed by atoms with E-state index in [4.69, 9.17) is 0 Å². The average molecular weight is 382 g/mol. The molecule has 1 rings (SSSR count). The van der Waals surface area contributed by atoms with Crippen LogP contribution < -0.4 is 0 Å². The van der Waals surface area contributed by atoms with Crippen LogP contribution in [-0.4, -0.2) is 5.78 Å². The van der Waals surface area contributed by atoms with Gasteiger partial charge in [0.05, 0.1) is 11.1 Å². The van der Waals surface area contributed by atoms with Crippen molar-refractivity contribution in [1.29, 1.82) is 0 Å². The minimum Gasteiger partial charge on any atom is -0.294 e. The summed E-state index contributed by atoms with van der Waals surface area (Å²) < 4.78 is 74.7. The molecule has 8 heteroatoms. The molecule has 0 aromatic heterocycles. The zero-order valence-corrected chi connectivity index (χ0v) is 10.9. The van der Waals surface area contributed by atoms with E-state index in [9.17, 15) is 31.1 Å². The van der Waals surface area contributed by atoms with E-state index in [1.54, 1.807) is 0 Å². The molecule has 0 atom stereocenters. The van der Waals surface area contributed by atoms with Gasteiger partial charge in [0.2, 0.25) is 0 Å². The van der Waals surface area contributed by atoms with Crippen molar-refractivity contribution >= 4 is 28.4 Å². The first kappa shape index (κ1) is 15.3. The van der Waals surface area contributed by atoms with Gasteiger partial charge in [-0.1, -0.05) is 0 Å². The van der Waals surface area contributed by atoms with E-state index in [2.05, 4.69) is 0 Å². The van der Waals surface area contributed by atoms with E-state index in [1.165, 1.54) is 0 Å². The molecule has 1 aromatic carbocycles. The molecule has 100 valence electrons. The Bertz CT molecular complexity index is 488. The molecule has 0 N–H and O–H groups in total. The topological polar surface area (TPSA) is 17.1 Å². The number of rotatable bonds is 1. The summed E-state index contributed by atoms with van der Waals surface area (Å²) in [5.41, 5.74) is -3.58. The van der Waals surface area contributed by atoms with Crippen molar-refractivity contribution in [1.82, 2.24) is 0 Å². The van der Waals surface area contributed by atoms with Crippen LogP contribution in [-0.2, 0) is 12.4 Å². The Morgan fingerprint density at radius 2 is 1.44 bits per heavy atom. The third kappa shape index (κ3) is 3.15. The molecule has 0 fully saturated rings. The molecule has 0 bridgehead atoms. The standard InChI is InChI=1S/C10H5F6IO/c1-4(18)5-2-7(10(14,15)16)8(17)3-6(5)9(11,12)13/h2-3H,1H3. The highest BCUT2D eigenvalue weighted by atomic mass is 127. The Labute approximate surface area is 111 Å². The summed E-state index contributed by atoms with van der Waals surface area (Å²) in [5.74, 6) is -1.07. The molecule has 0 aliphatic carbocycles. The monoisotopic (exact) mass is 382 g/mol. The van der Waals surface area contributed by atoms with E-state index in [-0.39, 0.29) is 6.07 Å². The average Bonchev–Trinajstić information content (AvgIpc) is 2.13. The van der Waals surface area contributed by atoms with Crippen molar-refractivity contribution in [2.45, 2.75) is 19.3 Å². The SMILES string of the molecule is CC(=O)c1cc(C(F)(F)F)c(I)cc1C(F)(F)F. The summed E-state index contributed by atoms with van der Waals surface area (Å²) in [6.45, 7) is 0.789. The number of hydrogen-bond donors (Lipinski definition) is 0. The first-order valence-corrected chi connectivity index (χ1v) is 5.51. The van der Waals surface area contributed by atoms with Crippen LogP contribution >= 0.6 is 22.6 Å². The normalized spacial score (nSPS) is 12.7. The molecule has 18 heavy (non-hydrogen) atoms. The van der Waals surface area contributed by atoms with Crippen LogP contribution in [0.25, 0.3) is 0 Å². The van der Waals surface area contributed by atoms with Gasteiger partial charge in [0.25, 0.3) is 0 Å². The first-order valence-electron chi connectivity index (χ1n) is 4.43. The number of carbonyl (C=O) groups is 1. The summed E-state index contributed by atoms with van der Waals surface area (Å²) in [6, 6.07) is 0.576. The van der Waals surface area contributed by atoms with Crippen molar-refractivity contribution in [2.75, 3.05) is 0 Å². The van der Waals surface area contributed by atoms with Crippen molar-refractivity contribution in [3.05, 3.63) is 32.4 Å². The van der Waals surface area contributed by atoms with Gasteiger partial charge in [-0.3, -0.25) is 4.79 Å². The molecule has 0 amide bonds. The number of ketones is 1. The molecule has 0 spiro atoms. The van der Waals surface area contributed by atoms with Crippen molar-refractivity contribution in [3.8, 4) is 0 Å². The lowest BCUT2D eigenvalue weighted by Gasteiger charge is -2.16. The molecule has 0 aliphatic heterocycles. The van der Waals surface area contributed by atoms with Crippen LogP contribution in [0.2, 0.25) is 0 Å². The van der Waals surface area contributed by atoms with Gasteiger partial charge in [-0.05, 0) is 41.6 Å². The minimum atomic E-state index is -4.87. The van der Waals surface area contributed by atoms with E-state index in [0.29, 0.717) is 6.07 Å². The second-order valence-corrected chi connectivity index (χ2v) is 4.59. The van der Waals surface area contributed by atoms with Gasteiger partial charge in [0, 0.05) is 9.13 Å². The van der Waals surface area contributed by atoms with Gasteiger partial charge in [0.15, 0.2) is 5.78 Å². The molecular formula is C10H5F6IO. The van der Waals surface area contributed by atoms with Crippen LogP contribution in [0.4, 0.5) is 26.3 Å². The van der Waals surface area contributed by atoms with Crippen LogP contribution in [0.15, 0.2) is 12.1 Å². The number of hydrogen-bond acceptors (Lipinski definition) is 1. The van der Waals surface area contributed by atoms with Gasteiger partial charge in [-0.2, -0.15) is 26.3 Å². The molecule has 0 saturated heterocycles. The lowest BCUT2D eigenvalue weighted by Crippen LogP contribution is -2.16. The predicted molar refractivity (Wildman–Crippen MR) is 59.2 cm³/mol. The van der Waals surface area contributed by atoms with Crippen LogP contribution in [0.5, 0.6) is 0 Å². The molecule has 0 heterocycles. The zero-order chi connectivity index (χ0) is 14.3. The van der Waals surface area contributed by atoms with E-state index in [1.807, 2.05) is 0 Å². The van der Waals surface area contributed by atoms with Crippen molar-refractivity contribution in [2.24, 2.45) is 0 Å². The highest BCUT2D eigenvalue weighted by molar-refractivity contribution is 14.1. The third-order valence-electron chi connectivity index (χ3n) is 2.10. The molecule has 0 unspecified atom stereocenters. The van der Waals surface area contributed by atoms with Gasteiger partial charge in [-0.25, -0.2) is 0 Å². The zero-order valence-electron chi connectivity index (χ0n) is 8.71. The second kappa shape index (κ2) is 4.71. The summed E-state index contributed by atoms with van der Waals surface area (Å²) in [4.78, 5) is 11.0. The maximum absolute atomic E-state index is 12.6. The van der Waals surface area contributed by atoms with Gasteiger partial charge in [-0.15, -0.1) is 0 Å². The number of Topliss-reactive ketones (excluding diaryl/α,β-unsaturated/α-hetero) is 1. The molecule has 0 radical (unpaired) electrons. The van der Waals surface area contributed by atoms with E-state index in [0.717, 1.165) is 29.5 Å². The predicted octanol–water partition coefficient (Wildman–Crippen LogP) is 4.53. The second-order valence-electron chi connectivity index (χ2n) is 3.43. The Morgan fingerprint density at radius 1 is 1.00 bits per heavy atom. The highest BCUT2D eigenvalue weighted by Crippen LogP contribution is 2.39. The van der Waals surface area contributed by atoms with Gasteiger partial charge < -0.3 is 0 Å². The molecule has 1 aromatic rings. The summed E-state index contributed by atoms with van der Waals surface area (Å²) in [6.07, 6.45) is -9.67. The third-order valence-corrected chi connectivity index (χ3v) is 2.99. The number of benzene rings is 1. The Balaban J connectivity index is 3.60. The Morgan fingerprint density at radius 3 is 1.78 bits per heavy atom. The highest BCUT2D eigenvalue weighted by Gasteiger charge is 2.39. The summed E-state index contributed by atoms with van der Waals surface area (Å²) in [5, 5.41) is 0. The van der Waals surface area contributed by atoms with Crippen molar-refractivity contribution < 1.29 is 31.1 Å². The number of carbonyl (C=O) groups excluding carboxylic acids is 1. The summed E-state index contributed by atoms with van der Waals surface area (Å²) in [7, 11) is 0. The fraction of sp³-hybridized carbons (Fsp3) is 0.300. The molecular weight excluding hydrogens is 377 g/mol. The Kier molecular flexibility index (Phi) is 3.99. The van der Waals surface area contributed by atoms with E-state index >= 15 is 0 Å². The lowest BCUT2D eigenvalue weighted by molar-refractivity contribution is -0.142. The maximum Gasteiger partial charge on any atom is 0.417 e. The fourth-order valence-corrected chi connectivity index (χ4v) is 2.09. The van der Waals surface area contributed by atoms with Gasteiger partial charge in [0.1, 0.15) is 0 Å². The van der Waals surface area contributed by atoms with Gasteiger partial charge >= 0.3 is 12.4 Å². The quantitative estimate of drug-likeness (QED) is 0.396. The summed E-state index contributed by atoms with van der Waals surface area (Å²) >= 11 is 1.16. The lowest BCUT2D eigenvalue weighted by atomic mass is 10.0. The Hall–Kier alpha value is -0.800.